The highest BCUT2D eigenvalue weighted by Crippen LogP contribution is 2.40. The van der Waals surface area contributed by atoms with Crippen molar-refractivity contribution in [3.05, 3.63) is 21.9 Å². The van der Waals surface area contributed by atoms with Crippen molar-refractivity contribution in [2.75, 3.05) is 7.05 Å². The predicted molar refractivity (Wildman–Crippen MR) is 85.9 cm³/mol. The summed E-state index contributed by atoms with van der Waals surface area (Å²) in [7, 11) is 2.12. The van der Waals surface area contributed by atoms with Gasteiger partial charge in [-0.25, -0.2) is 0 Å². The zero-order valence-electron chi connectivity index (χ0n) is 13.1. The third kappa shape index (κ3) is 3.61. The lowest BCUT2D eigenvalue weighted by Gasteiger charge is -2.32. The van der Waals surface area contributed by atoms with Gasteiger partial charge in [-0.15, -0.1) is 11.3 Å². The minimum atomic E-state index is 0.280. The van der Waals surface area contributed by atoms with Crippen LogP contribution in [0.15, 0.2) is 12.1 Å². The lowest BCUT2D eigenvalue weighted by atomic mass is 9.79. The van der Waals surface area contributed by atoms with Crippen LogP contribution in [0.3, 0.4) is 0 Å². The van der Waals surface area contributed by atoms with Crippen LogP contribution in [-0.2, 0) is 5.41 Å². The molecule has 0 bridgehead atoms. The van der Waals surface area contributed by atoms with Crippen LogP contribution in [0.25, 0.3) is 0 Å². The van der Waals surface area contributed by atoms with Gasteiger partial charge in [0.1, 0.15) is 0 Å². The molecular weight excluding hydrogens is 250 g/mol. The third-order valence-electron chi connectivity index (χ3n) is 4.52. The first-order chi connectivity index (χ1) is 8.91. The van der Waals surface area contributed by atoms with E-state index < -0.39 is 0 Å². The van der Waals surface area contributed by atoms with E-state index in [1.54, 1.807) is 0 Å². The van der Waals surface area contributed by atoms with Gasteiger partial charge in [0.2, 0.25) is 0 Å². The summed E-state index contributed by atoms with van der Waals surface area (Å²) in [6, 6.07) is 5.24. The fourth-order valence-corrected chi connectivity index (χ4v) is 4.42. The topological polar surface area (TPSA) is 12.0 Å². The first-order valence-corrected chi connectivity index (χ1v) is 8.51. The molecular formula is C17H29NS. The van der Waals surface area contributed by atoms with Crippen LogP contribution < -0.4 is 5.32 Å². The smallest absolute Gasteiger partial charge is 0.0441 e. The van der Waals surface area contributed by atoms with E-state index in [9.17, 15) is 0 Å². The molecule has 2 rings (SSSR count). The Morgan fingerprint density at radius 3 is 2.26 bits per heavy atom. The summed E-state index contributed by atoms with van der Waals surface area (Å²) in [5, 5.41) is 3.58. The molecule has 1 N–H and O–H groups in total. The zero-order valence-corrected chi connectivity index (χ0v) is 13.9. The maximum Gasteiger partial charge on any atom is 0.0441 e. The van der Waals surface area contributed by atoms with Gasteiger partial charge in [0.25, 0.3) is 0 Å². The SMILES string of the molecule is CNC(c1ccc(C(C)(C)C)s1)C1CCC(C)CC1. The molecule has 1 nitrogen and oxygen atoms in total. The predicted octanol–water partition coefficient (Wildman–Crippen LogP) is 5.13. The molecule has 2 heteroatoms. The van der Waals surface area contributed by atoms with Crippen LogP contribution in [0.4, 0.5) is 0 Å². The monoisotopic (exact) mass is 279 g/mol. The van der Waals surface area contributed by atoms with Gasteiger partial charge in [0.15, 0.2) is 0 Å². The van der Waals surface area contributed by atoms with E-state index in [0.29, 0.717) is 6.04 Å². The van der Waals surface area contributed by atoms with Gasteiger partial charge in [-0.1, -0.05) is 40.5 Å². The molecule has 1 aromatic heterocycles. The van der Waals surface area contributed by atoms with E-state index >= 15 is 0 Å². The minimum Gasteiger partial charge on any atom is -0.312 e. The van der Waals surface area contributed by atoms with E-state index in [1.165, 1.54) is 35.4 Å². The van der Waals surface area contributed by atoms with Crippen LogP contribution in [0.2, 0.25) is 0 Å². The standard InChI is InChI=1S/C17H29NS/c1-12-6-8-13(9-7-12)16(18-5)14-10-11-15(19-14)17(2,3)4/h10-13,16,18H,6-9H2,1-5H3. The summed E-state index contributed by atoms with van der Waals surface area (Å²) in [4.78, 5) is 3.04. The molecule has 1 aliphatic rings. The Balaban J connectivity index is 2.11. The summed E-state index contributed by atoms with van der Waals surface area (Å²) in [6.45, 7) is 9.31. The van der Waals surface area contributed by atoms with Gasteiger partial charge in [0.05, 0.1) is 0 Å². The van der Waals surface area contributed by atoms with Gasteiger partial charge in [-0.2, -0.15) is 0 Å². The molecule has 0 aliphatic heterocycles. The number of rotatable bonds is 3. The van der Waals surface area contributed by atoms with E-state index in [1.807, 2.05) is 11.3 Å². The Morgan fingerprint density at radius 2 is 1.79 bits per heavy atom. The van der Waals surface area contributed by atoms with Crippen molar-refractivity contribution in [1.82, 2.24) is 5.32 Å². The Bertz CT molecular complexity index is 394. The average molecular weight is 279 g/mol. The summed E-state index contributed by atoms with van der Waals surface area (Å²) < 4.78 is 0. The van der Waals surface area contributed by atoms with Crippen molar-refractivity contribution in [2.24, 2.45) is 11.8 Å². The van der Waals surface area contributed by atoms with Crippen molar-refractivity contribution < 1.29 is 0 Å². The lowest BCUT2D eigenvalue weighted by molar-refractivity contribution is 0.240. The van der Waals surface area contributed by atoms with Crippen molar-refractivity contribution in [3.8, 4) is 0 Å². The van der Waals surface area contributed by atoms with Crippen molar-refractivity contribution in [2.45, 2.75) is 64.8 Å². The minimum absolute atomic E-state index is 0.280. The molecule has 1 unspecified atom stereocenters. The molecule has 1 aliphatic carbocycles. The number of thiophene rings is 1. The van der Waals surface area contributed by atoms with Gasteiger partial charge in [0, 0.05) is 15.8 Å². The van der Waals surface area contributed by atoms with Crippen LogP contribution in [0.1, 0.15) is 69.2 Å². The Labute approximate surface area is 122 Å². The van der Waals surface area contributed by atoms with E-state index in [-0.39, 0.29) is 5.41 Å². The van der Waals surface area contributed by atoms with Crippen molar-refractivity contribution in [1.29, 1.82) is 0 Å². The van der Waals surface area contributed by atoms with Crippen LogP contribution in [-0.4, -0.2) is 7.05 Å². The van der Waals surface area contributed by atoms with E-state index in [4.69, 9.17) is 0 Å². The van der Waals surface area contributed by atoms with E-state index in [0.717, 1.165) is 11.8 Å². The average Bonchev–Trinajstić information content (AvgIpc) is 2.82. The number of hydrogen-bond acceptors (Lipinski definition) is 2. The Kier molecular flexibility index (Phi) is 4.73. The summed E-state index contributed by atoms with van der Waals surface area (Å²) in [6.07, 6.45) is 5.57. The second-order valence-electron chi connectivity index (χ2n) is 7.24. The number of nitrogens with one attached hydrogen (secondary N) is 1. The third-order valence-corrected chi connectivity index (χ3v) is 6.11. The molecule has 19 heavy (non-hydrogen) atoms. The fraction of sp³-hybridized carbons (Fsp3) is 0.765. The van der Waals surface area contributed by atoms with Crippen LogP contribution >= 0.6 is 11.3 Å². The first-order valence-electron chi connectivity index (χ1n) is 7.69. The van der Waals surface area contributed by atoms with Gasteiger partial charge in [-0.3, -0.25) is 0 Å². The maximum atomic E-state index is 3.58. The molecule has 1 aromatic rings. The van der Waals surface area contributed by atoms with Gasteiger partial charge >= 0.3 is 0 Å². The first kappa shape index (κ1) is 15.1. The highest BCUT2D eigenvalue weighted by molar-refractivity contribution is 7.12. The molecule has 0 spiro atoms. The van der Waals surface area contributed by atoms with Crippen molar-refractivity contribution >= 4 is 11.3 Å². The molecule has 1 saturated carbocycles. The fourth-order valence-electron chi connectivity index (χ4n) is 3.15. The lowest BCUT2D eigenvalue weighted by Crippen LogP contribution is -2.27. The molecule has 0 saturated heterocycles. The second kappa shape index (κ2) is 5.97. The quantitative estimate of drug-likeness (QED) is 0.808. The molecule has 108 valence electrons. The molecule has 1 atom stereocenters. The maximum absolute atomic E-state index is 3.58. The number of hydrogen-bond donors (Lipinski definition) is 1. The highest BCUT2D eigenvalue weighted by atomic mass is 32.1. The van der Waals surface area contributed by atoms with Gasteiger partial charge in [-0.05, 0) is 49.3 Å². The summed E-state index contributed by atoms with van der Waals surface area (Å²) in [5.74, 6) is 1.76. The molecule has 0 radical (unpaired) electrons. The molecule has 1 fully saturated rings. The Morgan fingerprint density at radius 1 is 1.16 bits per heavy atom. The Hall–Kier alpha value is -0.340. The van der Waals surface area contributed by atoms with Crippen LogP contribution in [0, 0.1) is 11.8 Å². The van der Waals surface area contributed by atoms with Gasteiger partial charge < -0.3 is 5.32 Å². The molecule has 0 aromatic carbocycles. The molecule has 0 amide bonds. The zero-order chi connectivity index (χ0) is 14.0. The summed E-state index contributed by atoms with van der Waals surface area (Å²) >= 11 is 2.00. The highest BCUT2D eigenvalue weighted by Gasteiger charge is 2.28. The molecule has 1 heterocycles. The van der Waals surface area contributed by atoms with Crippen LogP contribution in [0.5, 0.6) is 0 Å². The summed E-state index contributed by atoms with van der Waals surface area (Å²) in [5.41, 5.74) is 0.280. The van der Waals surface area contributed by atoms with E-state index in [2.05, 4.69) is 52.2 Å². The largest absolute Gasteiger partial charge is 0.312 e. The van der Waals surface area contributed by atoms with Crippen molar-refractivity contribution in [3.63, 3.8) is 0 Å². The normalized spacial score (nSPS) is 26.4. The second-order valence-corrected chi connectivity index (χ2v) is 8.35.